The van der Waals surface area contributed by atoms with Crippen molar-refractivity contribution in [1.29, 1.82) is 0 Å². The molecule has 0 aliphatic carbocycles. The van der Waals surface area contributed by atoms with Crippen LogP contribution in [-0.2, 0) is 23.1 Å². The van der Waals surface area contributed by atoms with Crippen LogP contribution in [0, 0.1) is 0 Å². The van der Waals surface area contributed by atoms with Crippen molar-refractivity contribution in [2.45, 2.75) is 19.1 Å². The fourth-order valence-electron chi connectivity index (χ4n) is 1.26. The van der Waals surface area contributed by atoms with Crippen molar-refractivity contribution in [2.24, 2.45) is 0 Å². The number of aliphatic hydroxyl groups is 2. The van der Waals surface area contributed by atoms with Gasteiger partial charge in [-0.1, -0.05) is 0 Å². The van der Waals surface area contributed by atoms with Crippen molar-refractivity contribution in [3.63, 3.8) is 0 Å². The van der Waals surface area contributed by atoms with Crippen LogP contribution in [0.15, 0.2) is 11.3 Å². The number of carbonyl (C=O) groups is 1. The second-order valence-electron chi connectivity index (χ2n) is 3.61. The largest absolute Gasteiger partial charge is 0.448 e. The van der Waals surface area contributed by atoms with E-state index in [2.05, 4.69) is 4.52 Å². The summed E-state index contributed by atoms with van der Waals surface area (Å²) < 4.78 is 26.2. The summed E-state index contributed by atoms with van der Waals surface area (Å²) in [5.74, 6) is -0.752. The van der Waals surface area contributed by atoms with Crippen LogP contribution >= 0.6 is 7.60 Å². The van der Waals surface area contributed by atoms with Crippen LogP contribution in [0.2, 0.25) is 0 Å². The third kappa shape index (κ3) is 3.07. The van der Waals surface area contributed by atoms with Gasteiger partial charge in [-0.25, -0.2) is 9.36 Å². The van der Waals surface area contributed by atoms with Crippen molar-refractivity contribution in [1.82, 2.24) is 0 Å². The SMILES string of the molecule is COP(C)(=O)OC1=C(C)C(=O)OC1C(O)CO. The molecule has 3 atom stereocenters. The highest BCUT2D eigenvalue weighted by molar-refractivity contribution is 7.53. The first-order valence-corrected chi connectivity index (χ1v) is 6.85. The van der Waals surface area contributed by atoms with E-state index in [0.717, 1.165) is 0 Å². The maximum absolute atomic E-state index is 11.7. The molecule has 8 heteroatoms. The van der Waals surface area contributed by atoms with Crippen LogP contribution in [0.25, 0.3) is 0 Å². The monoisotopic (exact) mass is 266 g/mol. The Morgan fingerprint density at radius 3 is 2.65 bits per heavy atom. The molecule has 98 valence electrons. The maximum atomic E-state index is 11.7. The molecule has 0 amide bonds. The van der Waals surface area contributed by atoms with Gasteiger partial charge in [0, 0.05) is 13.8 Å². The molecule has 7 nitrogen and oxygen atoms in total. The zero-order valence-corrected chi connectivity index (χ0v) is 10.6. The lowest BCUT2D eigenvalue weighted by Crippen LogP contribution is -2.32. The molecular weight excluding hydrogens is 251 g/mol. The van der Waals surface area contributed by atoms with Crippen LogP contribution in [0.1, 0.15) is 6.92 Å². The van der Waals surface area contributed by atoms with Gasteiger partial charge in [0.2, 0.25) is 0 Å². The molecule has 0 saturated heterocycles. The minimum Gasteiger partial charge on any atom is -0.448 e. The molecular formula is C9H15O7P. The number of carbonyl (C=O) groups excluding carboxylic acids is 1. The second kappa shape index (κ2) is 5.18. The molecule has 0 aromatic rings. The van der Waals surface area contributed by atoms with Crippen LogP contribution < -0.4 is 0 Å². The second-order valence-corrected chi connectivity index (χ2v) is 5.70. The summed E-state index contributed by atoms with van der Waals surface area (Å²) in [5.41, 5.74) is 0.0987. The van der Waals surface area contributed by atoms with Crippen molar-refractivity contribution in [3.05, 3.63) is 11.3 Å². The number of hydrogen-bond acceptors (Lipinski definition) is 7. The summed E-state index contributed by atoms with van der Waals surface area (Å²) >= 11 is 0. The third-order valence-electron chi connectivity index (χ3n) is 2.30. The Bertz CT molecular complexity index is 389. The maximum Gasteiger partial charge on any atom is 0.375 e. The molecule has 2 N–H and O–H groups in total. The van der Waals surface area contributed by atoms with Crippen LogP contribution in [-0.4, -0.2) is 48.8 Å². The standard InChI is InChI=1S/C9H15O7P/c1-5-7(16-17(3,13)14-2)8(6(11)4-10)15-9(5)12/h6,8,10-11H,4H2,1-3H3. The van der Waals surface area contributed by atoms with Crippen molar-refractivity contribution >= 4 is 13.6 Å². The number of cyclic esters (lactones) is 1. The van der Waals surface area contributed by atoms with E-state index in [-0.39, 0.29) is 11.3 Å². The summed E-state index contributed by atoms with van der Waals surface area (Å²) in [5, 5.41) is 18.3. The Hall–Kier alpha value is -0.880. The minimum absolute atomic E-state index is 0.0655. The predicted molar refractivity (Wildman–Crippen MR) is 57.3 cm³/mol. The first-order chi connectivity index (χ1) is 7.82. The fourth-order valence-corrected chi connectivity index (χ4v) is 1.93. The lowest BCUT2D eigenvalue weighted by molar-refractivity contribution is -0.145. The Balaban J connectivity index is 2.98. The molecule has 3 unspecified atom stereocenters. The normalized spacial score (nSPS) is 25.5. The number of ether oxygens (including phenoxy) is 1. The van der Waals surface area contributed by atoms with E-state index in [1.54, 1.807) is 0 Å². The van der Waals surface area contributed by atoms with Gasteiger partial charge >= 0.3 is 13.6 Å². The minimum atomic E-state index is -3.36. The van der Waals surface area contributed by atoms with E-state index < -0.39 is 32.4 Å². The molecule has 1 aliphatic heterocycles. The summed E-state index contributed by atoms with van der Waals surface area (Å²) in [4.78, 5) is 11.3. The summed E-state index contributed by atoms with van der Waals surface area (Å²) in [6.45, 7) is 2.02. The van der Waals surface area contributed by atoms with Gasteiger partial charge in [-0.05, 0) is 6.92 Å². The molecule has 0 saturated carbocycles. The Kier molecular flexibility index (Phi) is 4.32. The van der Waals surface area contributed by atoms with Gasteiger partial charge in [0.25, 0.3) is 0 Å². The van der Waals surface area contributed by atoms with Gasteiger partial charge in [0.15, 0.2) is 11.9 Å². The number of hydrogen-bond donors (Lipinski definition) is 2. The topological polar surface area (TPSA) is 102 Å². The summed E-state index contributed by atoms with van der Waals surface area (Å²) in [7, 11) is -2.16. The van der Waals surface area contributed by atoms with Gasteiger partial charge in [0.1, 0.15) is 6.10 Å². The highest BCUT2D eigenvalue weighted by atomic mass is 31.2. The molecule has 1 rings (SSSR count). The zero-order valence-electron chi connectivity index (χ0n) is 9.74. The fraction of sp³-hybridized carbons (Fsp3) is 0.667. The first-order valence-electron chi connectivity index (χ1n) is 4.86. The summed E-state index contributed by atoms with van der Waals surface area (Å²) in [6, 6.07) is 0. The van der Waals surface area contributed by atoms with Crippen molar-refractivity contribution < 1.29 is 33.4 Å². The van der Waals surface area contributed by atoms with E-state index in [4.69, 9.17) is 14.4 Å². The highest BCUT2D eigenvalue weighted by Crippen LogP contribution is 2.48. The Labute approximate surface area is 98.5 Å². The molecule has 0 aromatic carbocycles. The molecule has 0 spiro atoms. The lowest BCUT2D eigenvalue weighted by Gasteiger charge is -2.21. The van der Waals surface area contributed by atoms with E-state index in [1.807, 2.05) is 0 Å². The van der Waals surface area contributed by atoms with E-state index >= 15 is 0 Å². The molecule has 1 heterocycles. The smallest absolute Gasteiger partial charge is 0.375 e. The van der Waals surface area contributed by atoms with Gasteiger partial charge in [-0.15, -0.1) is 0 Å². The van der Waals surface area contributed by atoms with E-state index in [0.29, 0.717) is 0 Å². The molecule has 1 aliphatic rings. The number of rotatable bonds is 5. The summed E-state index contributed by atoms with van der Waals surface area (Å²) in [6.07, 6.45) is -2.49. The first kappa shape index (κ1) is 14.2. The lowest BCUT2D eigenvalue weighted by atomic mass is 10.1. The van der Waals surface area contributed by atoms with Gasteiger partial charge in [-0.2, -0.15) is 0 Å². The molecule has 0 fully saturated rings. The Morgan fingerprint density at radius 2 is 2.18 bits per heavy atom. The predicted octanol–water partition coefficient (Wildman–Crippen LogP) is 0.0249. The highest BCUT2D eigenvalue weighted by Gasteiger charge is 2.40. The molecule has 0 bridgehead atoms. The van der Waals surface area contributed by atoms with Crippen LogP contribution in [0.4, 0.5) is 0 Å². The van der Waals surface area contributed by atoms with E-state index in [9.17, 15) is 14.5 Å². The third-order valence-corrected chi connectivity index (χ3v) is 3.49. The van der Waals surface area contributed by atoms with Crippen molar-refractivity contribution in [3.8, 4) is 0 Å². The van der Waals surface area contributed by atoms with Gasteiger partial charge < -0.3 is 24.0 Å². The van der Waals surface area contributed by atoms with Gasteiger partial charge in [-0.3, -0.25) is 0 Å². The number of aliphatic hydroxyl groups excluding tert-OH is 2. The average Bonchev–Trinajstić information content (AvgIpc) is 2.56. The number of esters is 1. The van der Waals surface area contributed by atoms with Crippen LogP contribution in [0.5, 0.6) is 0 Å². The average molecular weight is 266 g/mol. The molecule has 17 heavy (non-hydrogen) atoms. The molecule has 0 aromatic heterocycles. The van der Waals surface area contributed by atoms with Crippen molar-refractivity contribution in [2.75, 3.05) is 20.4 Å². The van der Waals surface area contributed by atoms with Crippen LogP contribution in [0.3, 0.4) is 0 Å². The molecule has 0 radical (unpaired) electrons. The van der Waals surface area contributed by atoms with E-state index in [1.165, 1.54) is 20.7 Å². The quantitative estimate of drug-likeness (QED) is 0.534. The zero-order chi connectivity index (χ0) is 13.2. The van der Waals surface area contributed by atoms with Gasteiger partial charge in [0.05, 0.1) is 12.2 Å². The Morgan fingerprint density at radius 1 is 1.59 bits per heavy atom.